The van der Waals surface area contributed by atoms with Gasteiger partial charge in [-0.3, -0.25) is 4.68 Å². The number of hydrogen-bond donors (Lipinski definition) is 2. The summed E-state index contributed by atoms with van der Waals surface area (Å²) in [5.74, 6) is 0.0449. The maximum Gasteiger partial charge on any atom is 0.333 e. The largest absolute Gasteiger partial charge is 0.333 e. The van der Waals surface area contributed by atoms with Gasteiger partial charge in [-0.25, -0.2) is 18.4 Å². The van der Waals surface area contributed by atoms with Crippen molar-refractivity contribution in [3.63, 3.8) is 0 Å². The third-order valence-electron chi connectivity index (χ3n) is 6.54. The Morgan fingerprint density at radius 2 is 2.00 bits per heavy atom. The zero-order chi connectivity index (χ0) is 24.2. The number of amides is 2. The van der Waals surface area contributed by atoms with Gasteiger partial charge >= 0.3 is 6.03 Å². The minimum Gasteiger partial charge on any atom is -0.306 e. The molecule has 0 unspecified atom stereocenters. The molecule has 11 heteroatoms. The lowest BCUT2D eigenvalue weighted by Gasteiger charge is -2.17. The second kappa shape index (κ2) is 8.19. The molecular formula is C24H23FN6O3S. The highest BCUT2D eigenvalue weighted by molar-refractivity contribution is 7.90. The standard InChI is InChI=1S/C24H23FN6O3S/c25-20-13-16-2-1-3-19(16)23(22(20)17-7-11-31-18(12-17)6-9-26-31)27-24(32)29-35(33,34)21-8-10-30(28-21)14-15-4-5-15/h6-13,15H,1-5,14H2,(H2,27,29,32). The Morgan fingerprint density at radius 1 is 1.14 bits per heavy atom. The minimum absolute atomic E-state index is 0.218. The molecular weight excluding hydrogens is 471 g/mol. The van der Waals surface area contributed by atoms with E-state index in [1.54, 1.807) is 46.0 Å². The molecule has 6 rings (SSSR count). The molecule has 2 N–H and O–H groups in total. The molecule has 35 heavy (non-hydrogen) atoms. The van der Waals surface area contributed by atoms with Gasteiger partial charge in [0.2, 0.25) is 0 Å². The van der Waals surface area contributed by atoms with E-state index < -0.39 is 21.9 Å². The van der Waals surface area contributed by atoms with Crippen molar-refractivity contribution in [1.82, 2.24) is 24.1 Å². The molecule has 0 radical (unpaired) electrons. The van der Waals surface area contributed by atoms with E-state index in [2.05, 4.69) is 15.5 Å². The SMILES string of the molecule is O=C(Nc1c2c(cc(F)c1-c1ccn3nccc3c1)CCC2)NS(=O)(=O)c1ccn(CC2CC2)n1. The number of carbonyl (C=O) groups excluding carboxylic acids is 1. The van der Waals surface area contributed by atoms with Crippen LogP contribution in [-0.2, 0) is 29.4 Å². The van der Waals surface area contributed by atoms with Crippen LogP contribution in [0.4, 0.5) is 14.9 Å². The Bertz CT molecular complexity index is 1570. The van der Waals surface area contributed by atoms with Crippen LogP contribution in [0.15, 0.2) is 53.9 Å². The van der Waals surface area contributed by atoms with Crippen molar-refractivity contribution >= 4 is 27.3 Å². The van der Waals surface area contributed by atoms with E-state index in [0.29, 0.717) is 30.9 Å². The average Bonchev–Trinajstić information content (AvgIpc) is 3.20. The number of aryl methyl sites for hydroxylation is 1. The lowest BCUT2D eigenvalue weighted by molar-refractivity contribution is 0.256. The van der Waals surface area contributed by atoms with Crippen LogP contribution in [0.25, 0.3) is 16.6 Å². The van der Waals surface area contributed by atoms with Crippen LogP contribution in [0.1, 0.15) is 30.4 Å². The molecule has 1 saturated carbocycles. The van der Waals surface area contributed by atoms with E-state index in [-0.39, 0.29) is 16.3 Å². The van der Waals surface area contributed by atoms with Crippen molar-refractivity contribution in [3.8, 4) is 11.1 Å². The van der Waals surface area contributed by atoms with Gasteiger partial charge < -0.3 is 5.32 Å². The highest BCUT2D eigenvalue weighted by atomic mass is 32.2. The molecule has 0 saturated heterocycles. The van der Waals surface area contributed by atoms with E-state index >= 15 is 4.39 Å². The number of carbonyl (C=O) groups is 1. The molecule has 0 bridgehead atoms. The fourth-order valence-electron chi connectivity index (χ4n) is 4.67. The number of pyridine rings is 1. The lowest BCUT2D eigenvalue weighted by Crippen LogP contribution is -2.35. The lowest BCUT2D eigenvalue weighted by atomic mass is 9.97. The molecule has 0 spiro atoms. The summed E-state index contributed by atoms with van der Waals surface area (Å²) in [6.45, 7) is 0.655. The molecule has 2 aliphatic rings. The number of nitrogens with one attached hydrogen (secondary N) is 2. The number of fused-ring (bicyclic) bond motifs is 2. The maximum absolute atomic E-state index is 15.4. The summed E-state index contributed by atoms with van der Waals surface area (Å²) in [6, 6.07) is 7.19. The van der Waals surface area contributed by atoms with Crippen molar-refractivity contribution in [2.45, 2.75) is 43.7 Å². The number of nitrogens with zero attached hydrogens (tertiary/aromatic N) is 4. The zero-order valence-corrected chi connectivity index (χ0v) is 19.6. The third kappa shape index (κ3) is 4.16. The molecule has 180 valence electrons. The van der Waals surface area contributed by atoms with E-state index in [4.69, 9.17) is 0 Å². The number of hydrogen-bond acceptors (Lipinski definition) is 5. The molecule has 2 aliphatic carbocycles. The smallest absolute Gasteiger partial charge is 0.306 e. The summed E-state index contributed by atoms with van der Waals surface area (Å²) in [7, 11) is -4.20. The maximum atomic E-state index is 15.4. The molecule has 3 heterocycles. The van der Waals surface area contributed by atoms with E-state index in [1.807, 2.05) is 4.72 Å². The summed E-state index contributed by atoms with van der Waals surface area (Å²) in [6.07, 6.45) is 9.34. The van der Waals surface area contributed by atoms with Gasteiger partial charge in [0.1, 0.15) is 5.82 Å². The van der Waals surface area contributed by atoms with Crippen molar-refractivity contribution in [3.05, 3.63) is 65.9 Å². The number of aromatic nitrogens is 4. The predicted octanol–water partition coefficient (Wildman–Crippen LogP) is 3.75. The number of rotatable bonds is 6. The third-order valence-corrected chi connectivity index (χ3v) is 7.76. The van der Waals surface area contributed by atoms with Gasteiger partial charge in [-0.15, -0.1) is 0 Å². The summed E-state index contributed by atoms with van der Waals surface area (Å²) in [4.78, 5) is 12.9. The van der Waals surface area contributed by atoms with Crippen molar-refractivity contribution in [2.75, 3.05) is 5.32 Å². The van der Waals surface area contributed by atoms with Crippen LogP contribution in [0.2, 0.25) is 0 Å². The summed E-state index contributed by atoms with van der Waals surface area (Å²) < 4.78 is 46.2. The minimum atomic E-state index is -4.20. The molecule has 4 aromatic rings. The first kappa shape index (κ1) is 21.8. The fraction of sp³-hybridized carbons (Fsp3) is 0.292. The predicted molar refractivity (Wildman–Crippen MR) is 127 cm³/mol. The summed E-state index contributed by atoms with van der Waals surface area (Å²) in [5.41, 5.74) is 3.46. The van der Waals surface area contributed by atoms with Crippen molar-refractivity contribution in [1.29, 1.82) is 0 Å². The van der Waals surface area contributed by atoms with Crippen LogP contribution in [0.3, 0.4) is 0 Å². The second-order valence-electron chi connectivity index (χ2n) is 9.09. The van der Waals surface area contributed by atoms with Crippen molar-refractivity contribution < 1.29 is 17.6 Å². The van der Waals surface area contributed by atoms with Gasteiger partial charge in [0, 0.05) is 30.7 Å². The monoisotopic (exact) mass is 494 g/mol. The number of benzene rings is 1. The molecule has 9 nitrogen and oxygen atoms in total. The van der Waals surface area contributed by atoms with E-state index in [1.165, 1.54) is 12.1 Å². The first-order chi connectivity index (χ1) is 16.9. The number of anilines is 1. The highest BCUT2D eigenvalue weighted by Gasteiger charge is 2.27. The number of sulfonamides is 1. The summed E-state index contributed by atoms with van der Waals surface area (Å²) in [5, 5.41) is 10.7. The van der Waals surface area contributed by atoms with Crippen LogP contribution in [0.5, 0.6) is 0 Å². The Labute approximate surface area is 201 Å². The Hall–Kier alpha value is -3.73. The molecule has 1 aromatic carbocycles. The first-order valence-corrected chi connectivity index (χ1v) is 13.0. The average molecular weight is 495 g/mol. The fourth-order valence-corrected chi connectivity index (χ4v) is 5.52. The Balaban J connectivity index is 1.32. The quantitative estimate of drug-likeness (QED) is 0.424. The van der Waals surface area contributed by atoms with Gasteiger partial charge in [-0.05, 0) is 85.0 Å². The molecule has 2 amide bonds. The van der Waals surface area contributed by atoms with E-state index in [9.17, 15) is 13.2 Å². The number of urea groups is 1. The van der Waals surface area contributed by atoms with Crippen LogP contribution >= 0.6 is 0 Å². The zero-order valence-electron chi connectivity index (χ0n) is 18.7. The van der Waals surface area contributed by atoms with Crippen molar-refractivity contribution in [2.24, 2.45) is 5.92 Å². The highest BCUT2D eigenvalue weighted by Crippen LogP contribution is 2.40. The second-order valence-corrected chi connectivity index (χ2v) is 10.7. The van der Waals surface area contributed by atoms with E-state index in [0.717, 1.165) is 35.9 Å². The Morgan fingerprint density at radius 3 is 2.83 bits per heavy atom. The topological polar surface area (TPSA) is 110 Å². The first-order valence-electron chi connectivity index (χ1n) is 11.5. The van der Waals surface area contributed by atoms with Gasteiger partial charge in [0.05, 0.1) is 11.2 Å². The van der Waals surface area contributed by atoms with Crippen LogP contribution < -0.4 is 10.0 Å². The molecule has 0 atom stereocenters. The number of halogens is 1. The Kier molecular flexibility index (Phi) is 5.10. The van der Waals surface area contributed by atoms with Gasteiger partial charge in [-0.1, -0.05) is 0 Å². The molecule has 0 aliphatic heterocycles. The molecule has 1 fully saturated rings. The normalized spacial score (nSPS) is 15.3. The summed E-state index contributed by atoms with van der Waals surface area (Å²) >= 11 is 0. The van der Waals surface area contributed by atoms with Crippen LogP contribution in [0, 0.1) is 11.7 Å². The molecule has 3 aromatic heterocycles. The van der Waals surface area contributed by atoms with Gasteiger partial charge in [0.15, 0.2) is 5.03 Å². The van der Waals surface area contributed by atoms with Gasteiger partial charge in [-0.2, -0.15) is 18.6 Å². The van der Waals surface area contributed by atoms with Crippen LogP contribution in [-0.4, -0.2) is 33.8 Å². The van der Waals surface area contributed by atoms with Gasteiger partial charge in [0.25, 0.3) is 10.0 Å².